The highest BCUT2D eigenvalue weighted by molar-refractivity contribution is 6.26. The molecule has 0 N–H and O–H groups in total. The molecule has 3 heteroatoms. The second-order valence-corrected chi connectivity index (χ2v) is 15.7. The van der Waals surface area contributed by atoms with Crippen LogP contribution >= 0.6 is 0 Å². The first-order chi connectivity index (χ1) is 30.2. The summed E-state index contributed by atoms with van der Waals surface area (Å²) in [6.07, 6.45) is 3.28. The van der Waals surface area contributed by atoms with E-state index in [-0.39, 0.29) is 0 Å². The molecule has 13 aromatic rings. The topological polar surface area (TPSA) is 23.0 Å². The van der Waals surface area contributed by atoms with Crippen molar-refractivity contribution in [3.8, 4) is 22.5 Å². The van der Waals surface area contributed by atoms with E-state index < -0.39 is 0 Å². The fourth-order valence-electron chi connectivity index (χ4n) is 9.75. The summed E-state index contributed by atoms with van der Waals surface area (Å²) in [4.78, 5) is 0. The van der Waals surface area contributed by atoms with Gasteiger partial charge in [0.05, 0.1) is 22.1 Å². The molecule has 3 heterocycles. The molecular weight excluding hydrogens is 741 g/mol. The average Bonchev–Trinajstić information content (AvgIpc) is 3.98. The van der Waals surface area contributed by atoms with E-state index in [1.165, 1.54) is 81.5 Å². The molecule has 0 unspecified atom stereocenters. The maximum atomic E-state index is 6.44. The summed E-state index contributed by atoms with van der Waals surface area (Å²) >= 11 is 0. The second-order valence-electron chi connectivity index (χ2n) is 15.7. The van der Waals surface area contributed by atoms with Crippen LogP contribution < -0.4 is 0 Å². The monoisotopic (exact) mass is 778 g/mol. The fourth-order valence-corrected chi connectivity index (χ4v) is 9.75. The third-order valence-corrected chi connectivity index (χ3v) is 12.4. The lowest BCUT2D eigenvalue weighted by atomic mass is 9.94. The van der Waals surface area contributed by atoms with Gasteiger partial charge in [-0.1, -0.05) is 147 Å². The van der Waals surface area contributed by atoms with E-state index in [0.29, 0.717) is 0 Å². The van der Waals surface area contributed by atoms with Crippen molar-refractivity contribution in [1.29, 1.82) is 0 Å². The van der Waals surface area contributed by atoms with E-state index in [1.807, 2.05) is 0 Å². The Labute approximate surface area is 351 Å². The number of allylic oxidation sites excluding steroid dienone is 2. The summed E-state index contributed by atoms with van der Waals surface area (Å²) in [6.45, 7) is 6.72. The van der Waals surface area contributed by atoms with Crippen LogP contribution in [0.25, 0.3) is 120 Å². The highest BCUT2D eigenvalue weighted by atomic mass is 16.3. The SMILES string of the molecule is C=CC=C.c1ccc2c(c1)c1ccccc1c1cc(-n3c4ccccc4c4cc(-c5ccc6oc7ccc(-n8c9ccccc9c9ccccc98)cc7c6c5)ccc43)ccc21. The van der Waals surface area contributed by atoms with E-state index in [0.717, 1.165) is 38.9 Å². The van der Waals surface area contributed by atoms with E-state index in [1.54, 1.807) is 12.2 Å². The molecule has 0 fully saturated rings. The zero-order chi connectivity index (χ0) is 40.6. The van der Waals surface area contributed by atoms with Crippen molar-refractivity contribution in [3.05, 3.63) is 219 Å². The van der Waals surface area contributed by atoms with Crippen molar-refractivity contribution < 1.29 is 4.42 Å². The van der Waals surface area contributed by atoms with Gasteiger partial charge in [0, 0.05) is 43.7 Å². The number of hydrogen-bond donors (Lipinski definition) is 0. The van der Waals surface area contributed by atoms with Gasteiger partial charge < -0.3 is 13.6 Å². The summed E-state index contributed by atoms with van der Waals surface area (Å²) in [5.41, 5.74) is 11.2. The zero-order valence-electron chi connectivity index (χ0n) is 33.3. The van der Waals surface area contributed by atoms with E-state index >= 15 is 0 Å². The summed E-state index contributed by atoms with van der Waals surface area (Å²) in [5, 5.41) is 14.9. The Morgan fingerprint density at radius 3 is 1.20 bits per heavy atom. The Balaban J connectivity index is 0.000000958. The molecule has 0 bridgehead atoms. The largest absolute Gasteiger partial charge is 0.456 e. The maximum Gasteiger partial charge on any atom is 0.135 e. The lowest BCUT2D eigenvalue weighted by Gasteiger charge is -2.14. The summed E-state index contributed by atoms with van der Waals surface area (Å²) in [7, 11) is 0. The predicted molar refractivity (Wildman–Crippen MR) is 261 cm³/mol. The highest BCUT2D eigenvalue weighted by Crippen LogP contribution is 2.41. The van der Waals surface area contributed by atoms with E-state index in [9.17, 15) is 0 Å². The molecule has 0 amide bonds. The molecule has 0 aliphatic heterocycles. The van der Waals surface area contributed by atoms with Crippen LogP contribution in [-0.4, -0.2) is 9.13 Å². The molecule has 0 saturated heterocycles. The minimum absolute atomic E-state index is 0.890. The van der Waals surface area contributed by atoms with Gasteiger partial charge in [-0.3, -0.25) is 0 Å². The van der Waals surface area contributed by atoms with Crippen LogP contribution in [0.5, 0.6) is 0 Å². The molecular formula is C58H38N2O. The van der Waals surface area contributed by atoms with Crippen LogP contribution in [-0.2, 0) is 0 Å². The lowest BCUT2D eigenvalue weighted by Crippen LogP contribution is -1.94. The zero-order valence-corrected chi connectivity index (χ0v) is 33.3. The third-order valence-electron chi connectivity index (χ3n) is 12.4. The second kappa shape index (κ2) is 13.7. The number of aromatic nitrogens is 2. The van der Waals surface area contributed by atoms with Gasteiger partial charge in [-0.25, -0.2) is 0 Å². The van der Waals surface area contributed by atoms with Crippen molar-refractivity contribution in [1.82, 2.24) is 9.13 Å². The van der Waals surface area contributed by atoms with Gasteiger partial charge in [0.15, 0.2) is 0 Å². The molecule has 0 aliphatic carbocycles. The van der Waals surface area contributed by atoms with Crippen LogP contribution in [0.15, 0.2) is 224 Å². The number of furan rings is 1. The molecule has 3 nitrogen and oxygen atoms in total. The Bertz CT molecular complexity index is 3830. The Kier molecular flexibility index (Phi) is 7.84. The van der Waals surface area contributed by atoms with Crippen LogP contribution in [0.4, 0.5) is 0 Å². The van der Waals surface area contributed by atoms with Crippen molar-refractivity contribution in [2.24, 2.45) is 0 Å². The van der Waals surface area contributed by atoms with E-state index in [2.05, 4.69) is 216 Å². The highest BCUT2D eigenvalue weighted by Gasteiger charge is 2.18. The van der Waals surface area contributed by atoms with Crippen LogP contribution in [0.2, 0.25) is 0 Å². The normalized spacial score (nSPS) is 11.7. The number of rotatable bonds is 4. The minimum Gasteiger partial charge on any atom is -0.456 e. The summed E-state index contributed by atoms with van der Waals surface area (Å²) in [6, 6.07) is 70.8. The number of hydrogen-bond acceptors (Lipinski definition) is 1. The van der Waals surface area contributed by atoms with Gasteiger partial charge in [0.1, 0.15) is 11.2 Å². The van der Waals surface area contributed by atoms with Crippen LogP contribution in [0, 0.1) is 0 Å². The predicted octanol–water partition coefficient (Wildman–Crippen LogP) is 16.3. The lowest BCUT2D eigenvalue weighted by molar-refractivity contribution is 0.669. The molecule has 0 radical (unpaired) electrons. The first kappa shape index (κ1) is 34.9. The van der Waals surface area contributed by atoms with Crippen LogP contribution in [0.1, 0.15) is 0 Å². The molecule has 0 aliphatic rings. The molecule has 61 heavy (non-hydrogen) atoms. The minimum atomic E-state index is 0.890. The Morgan fingerprint density at radius 1 is 0.295 bits per heavy atom. The molecule has 0 saturated carbocycles. The van der Waals surface area contributed by atoms with Crippen molar-refractivity contribution in [3.63, 3.8) is 0 Å². The molecule has 10 aromatic carbocycles. The molecule has 3 aromatic heterocycles. The van der Waals surface area contributed by atoms with Gasteiger partial charge in [-0.2, -0.15) is 0 Å². The Hall–Kier alpha value is -8.14. The van der Waals surface area contributed by atoms with E-state index in [4.69, 9.17) is 4.42 Å². The smallest absolute Gasteiger partial charge is 0.135 e. The van der Waals surface area contributed by atoms with Gasteiger partial charge in [-0.05, 0) is 116 Å². The first-order valence-corrected chi connectivity index (χ1v) is 20.7. The van der Waals surface area contributed by atoms with Crippen molar-refractivity contribution in [2.45, 2.75) is 0 Å². The molecule has 0 spiro atoms. The fraction of sp³-hybridized carbons (Fsp3) is 0. The van der Waals surface area contributed by atoms with Gasteiger partial charge in [0.25, 0.3) is 0 Å². The maximum absolute atomic E-state index is 6.44. The third kappa shape index (κ3) is 5.31. The molecule has 0 atom stereocenters. The Morgan fingerprint density at radius 2 is 0.656 bits per heavy atom. The molecule has 286 valence electrons. The van der Waals surface area contributed by atoms with Crippen molar-refractivity contribution >= 4 is 97.9 Å². The number of benzene rings is 10. The number of fused-ring (bicyclic) bond motifs is 15. The molecule has 13 rings (SSSR count). The van der Waals surface area contributed by atoms with Gasteiger partial charge in [0.2, 0.25) is 0 Å². The first-order valence-electron chi connectivity index (χ1n) is 20.7. The summed E-state index contributed by atoms with van der Waals surface area (Å²) < 4.78 is 11.2. The average molecular weight is 779 g/mol. The quantitative estimate of drug-likeness (QED) is 0.129. The number of nitrogens with zero attached hydrogens (tertiary/aromatic N) is 2. The number of para-hydroxylation sites is 3. The van der Waals surface area contributed by atoms with Gasteiger partial charge in [-0.15, -0.1) is 0 Å². The van der Waals surface area contributed by atoms with Crippen LogP contribution in [0.3, 0.4) is 0 Å². The van der Waals surface area contributed by atoms with Crippen molar-refractivity contribution in [2.75, 3.05) is 0 Å². The van der Waals surface area contributed by atoms with Gasteiger partial charge >= 0.3 is 0 Å². The standard InChI is InChI=1S/C54H32N2O.C4H6/c1-2-13-39-37(11-1)38-12-3-4-14-40(38)45-31-35(23-25-41(39)45)56-51-20-10-7-17-44(51)46-29-33(21-26-52(46)56)34-22-27-53-47(30-34)48-32-36(24-28-54(48)57-53)55-49-18-8-5-15-42(49)43-16-6-9-19-50(43)55;1-3-4-2/h1-32H;3-4H,1-2H2. The summed E-state index contributed by atoms with van der Waals surface area (Å²) in [5.74, 6) is 0.